The Morgan fingerprint density at radius 3 is 2.10 bits per heavy atom. The zero-order chi connectivity index (χ0) is 20.6. The highest BCUT2D eigenvalue weighted by Gasteiger charge is 2.16. The average Bonchev–Trinajstić information content (AvgIpc) is 2.71. The molecule has 0 saturated heterocycles. The average molecular weight is 392 g/mol. The van der Waals surface area contributed by atoms with Crippen molar-refractivity contribution in [1.82, 2.24) is 5.32 Å². The topological polar surface area (TPSA) is 67.4 Å². The van der Waals surface area contributed by atoms with Gasteiger partial charge in [0.2, 0.25) is 11.8 Å². The number of carbonyl (C=O) groups excluding carboxylic acids is 2. The van der Waals surface area contributed by atoms with Gasteiger partial charge in [0.1, 0.15) is 23.4 Å². The molecule has 0 fully saturated rings. The minimum Gasteiger partial charge on any atom is -0.457 e. The van der Waals surface area contributed by atoms with Gasteiger partial charge in [-0.05, 0) is 61.0 Å². The van der Waals surface area contributed by atoms with Crippen LogP contribution in [-0.2, 0) is 16.0 Å². The van der Waals surface area contributed by atoms with Gasteiger partial charge in [-0.1, -0.05) is 30.3 Å². The van der Waals surface area contributed by atoms with Crippen LogP contribution in [0.3, 0.4) is 0 Å². The quantitative estimate of drug-likeness (QED) is 0.630. The Bertz CT molecular complexity index is 958. The smallest absolute Gasteiger partial charge is 0.246 e. The van der Waals surface area contributed by atoms with Crippen molar-refractivity contribution in [2.45, 2.75) is 19.4 Å². The van der Waals surface area contributed by atoms with Crippen LogP contribution in [0.2, 0.25) is 0 Å². The normalized spacial score (nSPS) is 11.4. The Labute approximate surface area is 168 Å². The Kier molecular flexibility index (Phi) is 6.58. The first kappa shape index (κ1) is 20.1. The summed E-state index contributed by atoms with van der Waals surface area (Å²) in [6, 6.07) is 21.1. The van der Waals surface area contributed by atoms with Crippen molar-refractivity contribution in [1.29, 1.82) is 0 Å². The van der Waals surface area contributed by atoms with Crippen LogP contribution in [0.1, 0.15) is 12.5 Å². The fraction of sp³-hybridized carbons (Fsp3) is 0.130. The first-order valence-electron chi connectivity index (χ1n) is 9.17. The van der Waals surface area contributed by atoms with Gasteiger partial charge in [0.25, 0.3) is 0 Å². The van der Waals surface area contributed by atoms with Gasteiger partial charge >= 0.3 is 0 Å². The third kappa shape index (κ3) is 6.17. The Balaban J connectivity index is 1.50. The molecule has 1 unspecified atom stereocenters. The number of halogens is 1. The van der Waals surface area contributed by atoms with E-state index in [0.717, 1.165) is 5.56 Å². The molecule has 0 aliphatic heterocycles. The van der Waals surface area contributed by atoms with Gasteiger partial charge < -0.3 is 15.4 Å². The van der Waals surface area contributed by atoms with Gasteiger partial charge in [-0.2, -0.15) is 0 Å². The lowest BCUT2D eigenvalue weighted by Crippen LogP contribution is -2.42. The monoisotopic (exact) mass is 392 g/mol. The van der Waals surface area contributed by atoms with Crippen molar-refractivity contribution in [3.05, 3.63) is 90.2 Å². The maximum Gasteiger partial charge on any atom is 0.246 e. The van der Waals surface area contributed by atoms with E-state index in [1.54, 1.807) is 31.2 Å². The fourth-order valence-electron chi connectivity index (χ4n) is 2.63. The van der Waals surface area contributed by atoms with Crippen LogP contribution in [-0.4, -0.2) is 17.9 Å². The molecule has 29 heavy (non-hydrogen) atoms. The predicted octanol–water partition coefficient (Wildman–Crippen LogP) is 4.30. The van der Waals surface area contributed by atoms with Crippen LogP contribution in [0.25, 0.3) is 0 Å². The summed E-state index contributed by atoms with van der Waals surface area (Å²) >= 11 is 0. The third-order valence-electron chi connectivity index (χ3n) is 4.15. The molecule has 3 aromatic carbocycles. The zero-order valence-electron chi connectivity index (χ0n) is 15.9. The summed E-state index contributed by atoms with van der Waals surface area (Å²) in [5, 5.41) is 5.44. The Hall–Kier alpha value is -3.67. The molecular weight excluding hydrogens is 371 g/mol. The molecule has 5 nitrogen and oxygen atoms in total. The maximum absolute atomic E-state index is 12.9. The van der Waals surface area contributed by atoms with Crippen molar-refractivity contribution in [3.63, 3.8) is 0 Å². The van der Waals surface area contributed by atoms with E-state index in [1.807, 2.05) is 30.3 Å². The van der Waals surface area contributed by atoms with E-state index in [0.29, 0.717) is 17.2 Å². The summed E-state index contributed by atoms with van der Waals surface area (Å²) in [6.45, 7) is 1.63. The van der Waals surface area contributed by atoms with Crippen LogP contribution < -0.4 is 15.4 Å². The second-order valence-corrected chi connectivity index (χ2v) is 6.52. The zero-order valence-corrected chi connectivity index (χ0v) is 15.9. The molecular formula is C23H21FN2O3. The highest BCUT2D eigenvalue weighted by molar-refractivity contribution is 5.97. The molecule has 0 saturated carbocycles. The van der Waals surface area contributed by atoms with Gasteiger partial charge in [0.05, 0.1) is 6.42 Å². The van der Waals surface area contributed by atoms with Crippen molar-refractivity contribution in [3.8, 4) is 11.5 Å². The predicted molar refractivity (Wildman–Crippen MR) is 109 cm³/mol. The van der Waals surface area contributed by atoms with Crippen molar-refractivity contribution in [2.24, 2.45) is 0 Å². The minimum absolute atomic E-state index is 0.216. The van der Waals surface area contributed by atoms with E-state index in [-0.39, 0.29) is 24.1 Å². The first-order valence-corrected chi connectivity index (χ1v) is 9.17. The summed E-state index contributed by atoms with van der Waals surface area (Å²) in [7, 11) is 0. The number of hydrogen-bond acceptors (Lipinski definition) is 3. The molecule has 1 atom stereocenters. The summed E-state index contributed by atoms with van der Waals surface area (Å²) < 4.78 is 18.5. The number of carbonyl (C=O) groups is 2. The molecule has 0 radical (unpaired) electrons. The maximum atomic E-state index is 12.9. The van der Waals surface area contributed by atoms with Crippen LogP contribution in [0.15, 0.2) is 78.9 Å². The van der Waals surface area contributed by atoms with Crippen LogP contribution in [0.4, 0.5) is 10.1 Å². The van der Waals surface area contributed by atoms with E-state index < -0.39 is 6.04 Å². The second kappa shape index (κ2) is 9.50. The molecule has 6 heteroatoms. The van der Waals surface area contributed by atoms with Crippen molar-refractivity contribution < 1.29 is 18.7 Å². The largest absolute Gasteiger partial charge is 0.457 e. The first-order chi connectivity index (χ1) is 14.0. The number of hydrogen-bond donors (Lipinski definition) is 2. The van der Waals surface area contributed by atoms with Gasteiger partial charge in [-0.3, -0.25) is 9.59 Å². The van der Waals surface area contributed by atoms with Gasteiger partial charge in [0.15, 0.2) is 0 Å². The summed E-state index contributed by atoms with van der Waals surface area (Å²) in [4.78, 5) is 24.4. The van der Waals surface area contributed by atoms with Crippen molar-refractivity contribution >= 4 is 17.5 Å². The Morgan fingerprint density at radius 1 is 0.897 bits per heavy atom. The minimum atomic E-state index is -0.679. The van der Waals surface area contributed by atoms with Gasteiger partial charge in [-0.15, -0.1) is 0 Å². The van der Waals surface area contributed by atoms with Gasteiger partial charge in [0, 0.05) is 5.69 Å². The van der Waals surface area contributed by atoms with Crippen LogP contribution in [0, 0.1) is 5.82 Å². The molecule has 0 bridgehead atoms. The molecule has 0 aliphatic rings. The van der Waals surface area contributed by atoms with Crippen LogP contribution in [0.5, 0.6) is 11.5 Å². The molecule has 148 valence electrons. The molecule has 3 rings (SSSR count). The molecule has 2 amide bonds. The molecule has 0 aromatic heterocycles. The van der Waals surface area contributed by atoms with Gasteiger partial charge in [-0.25, -0.2) is 4.39 Å². The summed E-state index contributed by atoms with van der Waals surface area (Å²) in [6.07, 6.45) is 0.216. The van der Waals surface area contributed by atoms with E-state index in [9.17, 15) is 14.0 Å². The molecule has 3 aromatic rings. The number of amides is 2. The van der Waals surface area contributed by atoms with Crippen molar-refractivity contribution in [2.75, 3.05) is 5.32 Å². The molecule has 0 spiro atoms. The summed E-state index contributed by atoms with van der Waals surface area (Å²) in [5.74, 6) is 0.192. The lowest BCUT2D eigenvalue weighted by Gasteiger charge is -2.14. The molecule has 0 aliphatic carbocycles. The van der Waals surface area contributed by atoms with E-state index >= 15 is 0 Å². The molecule has 2 N–H and O–H groups in total. The molecule has 0 heterocycles. The number of anilines is 1. The Morgan fingerprint density at radius 2 is 1.48 bits per heavy atom. The third-order valence-corrected chi connectivity index (χ3v) is 4.15. The number of benzene rings is 3. The highest BCUT2D eigenvalue weighted by atomic mass is 19.1. The number of nitrogens with one attached hydrogen (secondary N) is 2. The lowest BCUT2D eigenvalue weighted by molar-refractivity contribution is -0.125. The number of ether oxygens (including phenoxy) is 1. The summed E-state index contributed by atoms with van der Waals surface area (Å²) in [5.41, 5.74) is 1.46. The fourth-order valence-corrected chi connectivity index (χ4v) is 2.63. The van der Waals surface area contributed by atoms with Crippen LogP contribution >= 0.6 is 0 Å². The van der Waals surface area contributed by atoms with E-state index in [1.165, 1.54) is 24.3 Å². The SMILES string of the molecule is CC(NC(=O)Cc1ccccc1)C(=O)Nc1ccc(Oc2ccc(F)cc2)cc1. The standard InChI is InChI=1S/C23H21FN2O3/c1-16(25-22(27)15-17-5-3-2-4-6-17)23(28)26-19-9-13-21(14-10-19)29-20-11-7-18(24)8-12-20/h2-14,16H,15H2,1H3,(H,25,27)(H,26,28). The van der Waals surface area contributed by atoms with E-state index in [2.05, 4.69) is 10.6 Å². The van der Waals surface area contributed by atoms with E-state index in [4.69, 9.17) is 4.74 Å². The number of rotatable bonds is 7. The highest BCUT2D eigenvalue weighted by Crippen LogP contribution is 2.23. The lowest BCUT2D eigenvalue weighted by atomic mass is 10.1. The second-order valence-electron chi connectivity index (χ2n) is 6.52.